The summed E-state index contributed by atoms with van der Waals surface area (Å²) >= 11 is 0. The number of hydrogen-bond acceptors (Lipinski definition) is 4. The standard InChI is InChI=1S/C17H19NO4/c1-11(2)22-13-6-4-12(5-7-13)18-17(20)15-10-14(21-3)8-9-16(15)19/h4-11,19H,1-3H3,(H,18,20). The van der Waals surface area contributed by atoms with Gasteiger partial charge in [-0.15, -0.1) is 0 Å². The van der Waals surface area contributed by atoms with Crippen LogP contribution < -0.4 is 14.8 Å². The van der Waals surface area contributed by atoms with E-state index >= 15 is 0 Å². The van der Waals surface area contributed by atoms with E-state index in [1.807, 2.05) is 13.8 Å². The number of ether oxygens (including phenoxy) is 2. The molecule has 22 heavy (non-hydrogen) atoms. The molecule has 2 aromatic carbocycles. The molecule has 0 aliphatic heterocycles. The predicted octanol–water partition coefficient (Wildman–Crippen LogP) is 3.44. The summed E-state index contributed by atoms with van der Waals surface area (Å²) in [6.07, 6.45) is 0.0918. The number of aromatic hydroxyl groups is 1. The fourth-order valence-electron chi connectivity index (χ4n) is 1.91. The second kappa shape index (κ2) is 6.85. The fourth-order valence-corrected chi connectivity index (χ4v) is 1.91. The Morgan fingerprint density at radius 1 is 1.09 bits per heavy atom. The Bertz CT molecular complexity index is 650. The minimum absolute atomic E-state index is 0.0918. The lowest BCUT2D eigenvalue weighted by Gasteiger charge is -2.11. The van der Waals surface area contributed by atoms with E-state index in [-0.39, 0.29) is 17.4 Å². The minimum atomic E-state index is -0.408. The molecule has 2 rings (SSSR count). The molecule has 0 aliphatic rings. The number of methoxy groups -OCH3 is 1. The number of rotatable bonds is 5. The van der Waals surface area contributed by atoms with Gasteiger partial charge in [0.25, 0.3) is 5.91 Å². The van der Waals surface area contributed by atoms with Gasteiger partial charge in [-0.2, -0.15) is 0 Å². The van der Waals surface area contributed by atoms with Crippen LogP contribution in [0.15, 0.2) is 42.5 Å². The molecule has 0 heterocycles. The van der Waals surface area contributed by atoms with Crippen LogP contribution in [-0.4, -0.2) is 24.2 Å². The van der Waals surface area contributed by atoms with Crippen LogP contribution in [0.2, 0.25) is 0 Å². The van der Waals surface area contributed by atoms with Crippen LogP contribution in [0, 0.1) is 0 Å². The van der Waals surface area contributed by atoms with Crippen molar-refractivity contribution in [3.63, 3.8) is 0 Å². The van der Waals surface area contributed by atoms with Gasteiger partial charge in [-0.3, -0.25) is 4.79 Å². The van der Waals surface area contributed by atoms with Crippen LogP contribution in [0.5, 0.6) is 17.2 Å². The molecule has 0 saturated carbocycles. The molecule has 116 valence electrons. The van der Waals surface area contributed by atoms with Gasteiger partial charge in [-0.25, -0.2) is 0 Å². The van der Waals surface area contributed by atoms with Crippen molar-refractivity contribution in [1.29, 1.82) is 0 Å². The maximum Gasteiger partial charge on any atom is 0.259 e. The molecule has 0 fully saturated rings. The Labute approximate surface area is 129 Å². The van der Waals surface area contributed by atoms with Gasteiger partial charge in [-0.1, -0.05) is 0 Å². The van der Waals surface area contributed by atoms with Gasteiger partial charge < -0.3 is 19.9 Å². The van der Waals surface area contributed by atoms with Crippen LogP contribution in [0.1, 0.15) is 24.2 Å². The summed E-state index contributed by atoms with van der Waals surface area (Å²) in [5.41, 5.74) is 0.769. The van der Waals surface area contributed by atoms with Crippen molar-refractivity contribution >= 4 is 11.6 Å². The van der Waals surface area contributed by atoms with Gasteiger partial charge in [-0.05, 0) is 56.3 Å². The first-order chi connectivity index (χ1) is 10.5. The van der Waals surface area contributed by atoms with Gasteiger partial charge in [0.1, 0.15) is 17.2 Å². The SMILES string of the molecule is COc1ccc(O)c(C(=O)Nc2ccc(OC(C)C)cc2)c1. The van der Waals surface area contributed by atoms with E-state index in [2.05, 4.69) is 5.32 Å². The molecule has 0 aromatic heterocycles. The molecule has 5 nitrogen and oxygen atoms in total. The van der Waals surface area contributed by atoms with Crippen molar-refractivity contribution in [3.8, 4) is 17.2 Å². The molecule has 5 heteroatoms. The lowest BCUT2D eigenvalue weighted by Crippen LogP contribution is -2.12. The number of carbonyl (C=O) groups excluding carboxylic acids is 1. The monoisotopic (exact) mass is 301 g/mol. The van der Waals surface area contributed by atoms with E-state index in [1.54, 1.807) is 30.3 Å². The zero-order valence-electron chi connectivity index (χ0n) is 12.8. The van der Waals surface area contributed by atoms with Crippen molar-refractivity contribution < 1.29 is 19.4 Å². The second-order valence-corrected chi connectivity index (χ2v) is 5.03. The van der Waals surface area contributed by atoms with Gasteiger partial charge in [0, 0.05) is 5.69 Å². The summed E-state index contributed by atoms with van der Waals surface area (Å²) in [7, 11) is 1.50. The lowest BCUT2D eigenvalue weighted by molar-refractivity contribution is 0.102. The fraction of sp³-hybridized carbons (Fsp3) is 0.235. The highest BCUT2D eigenvalue weighted by Crippen LogP contribution is 2.24. The topological polar surface area (TPSA) is 67.8 Å². The molecule has 0 bridgehead atoms. The Morgan fingerprint density at radius 3 is 2.32 bits per heavy atom. The zero-order valence-corrected chi connectivity index (χ0v) is 12.8. The molecule has 0 radical (unpaired) electrons. The quantitative estimate of drug-likeness (QED) is 0.887. The van der Waals surface area contributed by atoms with E-state index in [0.29, 0.717) is 11.4 Å². The summed E-state index contributed by atoms with van der Waals surface area (Å²) in [5.74, 6) is 0.729. The largest absolute Gasteiger partial charge is 0.507 e. The summed E-state index contributed by atoms with van der Waals surface area (Å²) < 4.78 is 10.6. The second-order valence-electron chi connectivity index (χ2n) is 5.03. The van der Waals surface area contributed by atoms with Crippen molar-refractivity contribution in [1.82, 2.24) is 0 Å². The lowest BCUT2D eigenvalue weighted by atomic mass is 10.1. The van der Waals surface area contributed by atoms with Gasteiger partial charge in [0.2, 0.25) is 0 Å². The van der Waals surface area contributed by atoms with Crippen LogP contribution in [-0.2, 0) is 0 Å². The average molecular weight is 301 g/mol. The first-order valence-electron chi connectivity index (χ1n) is 6.94. The van der Waals surface area contributed by atoms with Gasteiger partial charge >= 0.3 is 0 Å². The maximum absolute atomic E-state index is 12.2. The molecule has 0 saturated heterocycles. The molecule has 2 N–H and O–H groups in total. The van der Waals surface area contributed by atoms with Crippen LogP contribution in [0.4, 0.5) is 5.69 Å². The summed E-state index contributed by atoms with van der Waals surface area (Å²) in [5, 5.41) is 12.5. The number of phenols is 1. The van der Waals surface area contributed by atoms with Gasteiger partial charge in [0.15, 0.2) is 0 Å². The molecular formula is C17H19NO4. The first-order valence-corrected chi connectivity index (χ1v) is 6.94. The van der Waals surface area contributed by atoms with Crippen molar-refractivity contribution in [2.75, 3.05) is 12.4 Å². The summed E-state index contributed by atoms with van der Waals surface area (Å²) in [4.78, 5) is 12.2. The Kier molecular flexibility index (Phi) is 4.88. The average Bonchev–Trinajstić information content (AvgIpc) is 2.49. The number of phenolic OH excluding ortho intramolecular Hbond substituents is 1. The molecule has 0 atom stereocenters. The van der Waals surface area contributed by atoms with E-state index in [4.69, 9.17) is 9.47 Å². The number of hydrogen-bond donors (Lipinski definition) is 2. The van der Waals surface area contributed by atoms with Crippen LogP contribution in [0.25, 0.3) is 0 Å². The summed E-state index contributed by atoms with van der Waals surface area (Å²) in [6.45, 7) is 3.89. The molecule has 2 aromatic rings. The van der Waals surface area contributed by atoms with E-state index in [1.165, 1.54) is 19.2 Å². The first kappa shape index (κ1) is 15.7. The van der Waals surface area contributed by atoms with Crippen molar-refractivity contribution in [2.24, 2.45) is 0 Å². The number of carbonyl (C=O) groups is 1. The summed E-state index contributed by atoms with van der Waals surface area (Å²) in [6, 6.07) is 11.5. The Morgan fingerprint density at radius 2 is 1.73 bits per heavy atom. The normalized spacial score (nSPS) is 10.4. The van der Waals surface area contributed by atoms with Gasteiger partial charge in [0.05, 0.1) is 18.8 Å². The molecular weight excluding hydrogens is 282 g/mol. The number of benzene rings is 2. The molecule has 0 aliphatic carbocycles. The van der Waals surface area contributed by atoms with E-state index in [0.717, 1.165) is 5.75 Å². The number of amides is 1. The Balaban J connectivity index is 2.11. The van der Waals surface area contributed by atoms with Crippen molar-refractivity contribution in [3.05, 3.63) is 48.0 Å². The van der Waals surface area contributed by atoms with E-state index < -0.39 is 5.91 Å². The molecule has 0 unspecified atom stereocenters. The number of nitrogens with one attached hydrogen (secondary N) is 1. The Hall–Kier alpha value is -2.69. The number of anilines is 1. The predicted molar refractivity (Wildman–Crippen MR) is 84.8 cm³/mol. The maximum atomic E-state index is 12.2. The van der Waals surface area contributed by atoms with Crippen LogP contribution in [0.3, 0.4) is 0 Å². The minimum Gasteiger partial charge on any atom is -0.507 e. The zero-order chi connectivity index (χ0) is 16.1. The van der Waals surface area contributed by atoms with E-state index in [9.17, 15) is 9.90 Å². The third-order valence-corrected chi connectivity index (χ3v) is 2.93. The van der Waals surface area contributed by atoms with Crippen molar-refractivity contribution in [2.45, 2.75) is 20.0 Å². The highest BCUT2D eigenvalue weighted by molar-refractivity contribution is 6.06. The third kappa shape index (κ3) is 3.91. The highest BCUT2D eigenvalue weighted by atomic mass is 16.5. The smallest absolute Gasteiger partial charge is 0.259 e. The molecule has 0 spiro atoms. The van der Waals surface area contributed by atoms with Crippen LogP contribution >= 0.6 is 0 Å². The third-order valence-electron chi connectivity index (χ3n) is 2.93. The molecule has 1 amide bonds. The highest BCUT2D eigenvalue weighted by Gasteiger charge is 2.12.